The van der Waals surface area contributed by atoms with E-state index in [9.17, 15) is 13.6 Å². The Morgan fingerprint density at radius 1 is 0.946 bits per heavy atom. The van der Waals surface area contributed by atoms with E-state index in [1.807, 2.05) is 43.3 Å². The summed E-state index contributed by atoms with van der Waals surface area (Å²) in [5, 5.41) is 6.93. The first-order chi connectivity index (χ1) is 17.7. The molecule has 37 heavy (non-hydrogen) atoms. The van der Waals surface area contributed by atoms with E-state index in [0.29, 0.717) is 27.8 Å². The maximum Gasteiger partial charge on any atom is 0.273 e. The number of aromatic nitrogens is 2. The van der Waals surface area contributed by atoms with Gasteiger partial charge in [-0.25, -0.2) is 13.8 Å². The van der Waals surface area contributed by atoms with Crippen molar-refractivity contribution in [3.63, 3.8) is 0 Å². The summed E-state index contributed by atoms with van der Waals surface area (Å²) in [5.41, 5.74) is 3.82. The molecular formula is C29H27ClF2N4O. The standard InChI is InChI=1S/C29H27ClF2N4O/c1-3-29(31,32)23-10-4-20(5-11-23)18-26(37)36-25-14-8-22(9-15-25)27-28(34-17-16-33-27)35-19(2)21-6-12-24(30)13-7-21/h4-17,19H,3,18H2,1-2H3,(H,34,35)(H,36,37)/t19-/m0/s1. The zero-order chi connectivity index (χ0) is 26.4. The van der Waals surface area contributed by atoms with E-state index < -0.39 is 5.92 Å². The van der Waals surface area contributed by atoms with Gasteiger partial charge in [0.2, 0.25) is 5.91 Å². The van der Waals surface area contributed by atoms with E-state index in [2.05, 4.69) is 20.6 Å². The fraction of sp³-hybridized carbons (Fsp3) is 0.207. The molecule has 1 aromatic heterocycles. The van der Waals surface area contributed by atoms with Gasteiger partial charge in [-0.3, -0.25) is 9.78 Å². The van der Waals surface area contributed by atoms with Gasteiger partial charge in [-0.05, 0) is 42.3 Å². The third-order valence-corrected chi connectivity index (χ3v) is 6.30. The highest BCUT2D eigenvalue weighted by Crippen LogP contribution is 2.31. The summed E-state index contributed by atoms with van der Waals surface area (Å²) in [6.45, 7) is 3.47. The Kier molecular flexibility index (Phi) is 8.14. The second kappa shape index (κ2) is 11.5. The smallest absolute Gasteiger partial charge is 0.273 e. The normalized spacial score (nSPS) is 12.1. The van der Waals surface area contributed by atoms with Gasteiger partial charge in [0, 0.05) is 40.7 Å². The van der Waals surface area contributed by atoms with E-state index in [4.69, 9.17) is 11.6 Å². The van der Waals surface area contributed by atoms with Gasteiger partial charge in [-0.1, -0.05) is 67.1 Å². The van der Waals surface area contributed by atoms with E-state index in [1.54, 1.807) is 36.7 Å². The second-order valence-corrected chi connectivity index (χ2v) is 9.16. The van der Waals surface area contributed by atoms with Gasteiger partial charge in [-0.2, -0.15) is 0 Å². The molecule has 4 aromatic rings. The second-order valence-electron chi connectivity index (χ2n) is 8.73. The van der Waals surface area contributed by atoms with Crippen LogP contribution >= 0.6 is 11.6 Å². The summed E-state index contributed by atoms with van der Waals surface area (Å²) in [6.07, 6.45) is 3.08. The van der Waals surface area contributed by atoms with Crippen molar-refractivity contribution in [3.8, 4) is 11.3 Å². The van der Waals surface area contributed by atoms with Crippen LogP contribution in [0.5, 0.6) is 0 Å². The molecule has 190 valence electrons. The number of alkyl halides is 2. The minimum atomic E-state index is -2.87. The third-order valence-electron chi connectivity index (χ3n) is 6.05. The molecule has 5 nitrogen and oxygen atoms in total. The molecule has 0 spiro atoms. The molecule has 2 N–H and O–H groups in total. The number of anilines is 2. The molecule has 8 heteroatoms. The molecule has 0 fully saturated rings. The number of hydrogen-bond donors (Lipinski definition) is 2. The first kappa shape index (κ1) is 26.2. The molecule has 0 bridgehead atoms. The van der Waals surface area contributed by atoms with Crippen LogP contribution < -0.4 is 10.6 Å². The molecule has 0 aliphatic heterocycles. The predicted octanol–water partition coefficient (Wildman–Crippen LogP) is 7.65. The fourth-order valence-electron chi connectivity index (χ4n) is 3.87. The summed E-state index contributed by atoms with van der Waals surface area (Å²) in [7, 11) is 0. The van der Waals surface area contributed by atoms with E-state index in [0.717, 1.165) is 11.1 Å². The summed E-state index contributed by atoms with van der Waals surface area (Å²) >= 11 is 6.00. The summed E-state index contributed by atoms with van der Waals surface area (Å²) in [6, 6.07) is 20.8. The number of hydrogen-bond acceptors (Lipinski definition) is 4. The molecule has 1 atom stereocenters. The highest BCUT2D eigenvalue weighted by molar-refractivity contribution is 6.30. The molecule has 0 aliphatic carbocycles. The van der Waals surface area contributed by atoms with Crippen molar-refractivity contribution in [1.29, 1.82) is 0 Å². The van der Waals surface area contributed by atoms with Gasteiger partial charge in [0.1, 0.15) is 5.69 Å². The molecule has 0 saturated carbocycles. The number of halogens is 3. The predicted molar refractivity (Wildman–Crippen MR) is 144 cm³/mol. The van der Waals surface area contributed by atoms with Crippen molar-refractivity contribution in [1.82, 2.24) is 9.97 Å². The van der Waals surface area contributed by atoms with Crippen LogP contribution in [0.3, 0.4) is 0 Å². The van der Waals surface area contributed by atoms with Gasteiger partial charge < -0.3 is 10.6 Å². The van der Waals surface area contributed by atoms with E-state index >= 15 is 0 Å². The van der Waals surface area contributed by atoms with E-state index in [-0.39, 0.29) is 30.4 Å². The van der Waals surface area contributed by atoms with Crippen molar-refractivity contribution in [2.45, 2.75) is 38.7 Å². The lowest BCUT2D eigenvalue weighted by Gasteiger charge is -2.17. The van der Waals surface area contributed by atoms with Crippen LogP contribution in [0, 0.1) is 0 Å². The van der Waals surface area contributed by atoms with Crippen molar-refractivity contribution >= 4 is 29.0 Å². The molecule has 0 radical (unpaired) electrons. The van der Waals surface area contributed by atoms with Crippen LogP contribution in [0.1, 0.15) is 43.0 Å². The third kappa shape index (κ3) is 6.68. The van der Waals surface area contributed by atoms with Crippen LogP contribution in [0.25, 0.3) is 11.3 Å². The van der Waals surface area contributed by atoms with Crippen molar-refractivity contribution in [3.05, 3.63) is 107 Å². The molecule has 0 unspecified atom stereocenters. The Bertz CT molecular complexity index is 1340. The first-order valence-corrected chi connectivity index (χ1v) is 12.3. The van der Waals surface area contributed by atoms with Gasteiger partial charge in [-0.15, -0.1) is 0 Å². The highest BCUT2D eigenvalue weighted by Gasteiger charge is 2.28. The lowest BCUT2D eigenvalue weighted by molar-refractivity contribution is -0.115. The maximum atomic E-state index is 13.8. The summed E-state index contributed by atoms with van der Waals surface area (Å²) in [5.74, 6) is -2.46. The number of benzene rings is 3. The molecule has 0 aliphatic rings. The van der Waals surface area contributed by atoms with Crippen molar-refractivity contribution in [2.24, 2.45) is 0 Å². The lowest BCUT2D eigenvalue weighted by atomic mass is 10.0. The number of carbonyl (C=O) groups is 1. The monoisotopic (exact) mass is 520 g/mol. The van der Waals surface area contributed by atoms with Crippen LogP contribution in [0.4, 0.5) is 20.3 Å². The maximum absolute atomic E-state index is 13.8. The Morgan fingerprint density at radius 3 is 2.24 bits per heavy atom. The summed E-state index contributed by atoms with van der Waals surface area (Å²) < 4.78 is 27.6. The quantitative estimate of drug-likeness (QED) is 0.238. The van der Waals surface area contributed by atoms with Gasteiger partial charge in [0.15, 0.2) is 5.82 Å². The minimum absolute atomic E-state index is 0.0199. The van der Waals surface area contributed by atoms with Gasteiger partial charge in [0.05, 0.1) is 12.5 Å². The highest BCUT2D eigenvalue weighted by atomic mass is 35.5. The number of amides is 1. The fourth-order valence-corrected chi connectivity index (χ4v) is 3.99. The van der Waals surface area contributed by atoms with Crippen LogP contribution in [0.15, 0.2) is 85.2 Å². The number of nitrogens with one attached hydrogen (secondary N) is 2. The zero-order valence-electron chi connectivity index (χ0n) is 20.5. The molecule has 1 heterocycles. The van der Waals surface area contributed by atoms with Crippen LogP contribution in [-0.2, 0) is 17.1 Å². The van der Waals surface area contributed by atoms with Gasteiger partial charge >= 0.3 is 0 Å². The SMILES string of the molecule is CCC(F)(F)c1ccc(CC(=O)Nc2ccc(-c3nccnc3N[C@@H](C)c3ccc(Cl)cc3)cc2)cc1. The average molecular weight is 521 g/mol. The molecular weight excluding hydrogens is 494 g/mol. The molecule has 0 saturated heterocycles. The molecule has 3 aromatic carbocycles. The largest absolute Gasteiger partial charge is 0.362 e. The van der Waals surface area contributed by atoms with Crippen LogP contribution in [-0.4, -0.2) is 15.9 Å². The zero-order valence-corrected chi connectivity index (χ0v) is 21.3. The molecule has 1 amide bonds. The Balaban J connectivity index is 1.41. The lowest BCUT2D eigenvalue weighted by Crippen LogP contribution is -2.15. The Hall–Kier alpha value is -3.84. The Labute approximate surface area is 219 Å². The summed E-state index contributed by atoms with van der Waals surface area (Å²) in [4.78, 5) is 21.5. The number of carbonyl (C=O) groups excluding carboxylic acids is 1. The number of nitrogens with zero attached hydrogens (tertiary/aromatic N) is 2. The average Bonchev–Trinajstić information content (AvgIpc) is 2.90. The minimum Gasteiger partial charge on any atom is -0.362 e. The topological polar surface area (TPSA) is 66.9 Å². The molecule has 4 rings (SSSR count). The van der Waals surface area contributed by atoms with Crippen LogP contribution in [0.2, 0.25) is 5.02 Å². The van der Waals surface area contributed by atoms with Crippen molar-refractivity contribution in [2.75, 3.05) is 10.6 Å². The van der Waals surface area contributed by atoms with Crippen molar-refractivity contribution < 1.29 is 13.6 Å². The van der Waals surface area contributed by atoms with Gasteiger partial charge in [0.25, 0.3) is 5.92 Å². The van der Waals surface area contributed by atoms with E-state index in [1.165, 1.54) is 19.1 Å². The Morgan fingerprint density at radius 2 is 1.59 bits per heavy atom. The number of rotatable bonds is 9. The first-order valence-electron chi connectivity index (χ1n) is 12.0.